The Bertz CT molecular complexity index is 231. The lowest BCUT2D eigenvalue weighted by Gasteiger charge is -2.40. The molecule has 1 rings (SSSR count). The molecule has 0 spiro atoms. The number of hydrogen-bond donors (Lipinski definition) is 0. The van der Waals surface area contributed by atoms with E-state index < -0.39 is 0 Å². The van der Waals surface area contributed by atoms with Gasteiger partial charge in [0.1, 0.15) is 6.29 Å². The maximum atomic E-state index is 11.5. The number of rotatable bonds is 6. The van der Waals surface area contributed by atoms with Crippen LogP contribution in [0.15, 0.2) is 0 Å². The molecule has 1 atom stereocenters. The van der Waals surface area contributed by atoms with Gasteiger partial charge in [0.25, 0.3) is 0 Å². The van der Waals surface area contributed by atoms with E-state index in [0.717, 1.165) is 31.8 Å². The molecule has 2 nitrogen and oxygen atoms in total. The lowest BCUT2D eigenvalue weighted by Crippen LogP contribution is -2.44. The minimum absolute atomic E-state index is 0.0497. The summed E-state index contributed by atoms with van der Waals surface area (Å²) in [4.78, 5) is 14.0. The second-order valence-electron chi connectivity index (χ2n) is 5.98. The Labute approximate surface area is 107 Å². The van der Waals surface area contributed by atoms with Gasteiger partial charge in [-0.3, -0.25) is 4.90 Å². The minimum Gasteiger partial charge on any atom is -0.303 e. The first-order chi connectivity index (χ1) is 8.06. The Balaban J connectivity index is 2.64. The first kappa shape index (κ1) is 14.7. The van der Waals surface area contributed by atoms with E-state index in [-0.39, 0.29) is 5.41 Å². The molecule has 1 aliphatic rings. The van der Waals surface area contributed by atoms with Crippen molar-refractivity contribution in [1.29, 1.82) is 0 Å². The number of hydrogen-bond acceptors (Lipinski definition) is 2. The van der Waals surface area contributed by atoms with E-state index in [1.807, 2.05) is 0 Å². The largest absolute Gasteiger partial charge is 0.303 e. The van der Waals surface area contributed by atoms with Crippen LogP contribution in [0.1, 0.15) is 59.8 Å². The molecule has 1 unspecified atom stereocenters. The van der Waals surface area contributed by atoms with E-state index in [1.165, 1.54) is 25.5 Å². The van der Waals surface area contributed by atoms with Gasteiger partial charge in [-0.1, -0.05) is 20.8 Å². The third kappa shape index (κ3) is 3.80. The van der Waals surface area contributed by atoms with Crippen LogP contribution in [-0.4, -0.2) is 30.3 Å². The Morgan fingerprint density at radius 1 is 1.35 bits per heavy atom. The molecule has 100 valence electrons. The number of carbonyl (C=O) groups is 1. The summed E-state index contributed by atoms with van der Waals surface area (Å²) in [6, 6.07) is 0.594. The number of aldehydes is 1. The van der Waals surface area contributed by atoms with Gasteiger partial charge in [-0.25, -0.2) is 0 Å². The Kier molecular flexibility index (Phi) is 5.64. The SMILES string of the molecule is CCC(C)N(CC)CC1(C=O)CCC(C)CC1. The zero-order valence-electron chi connectivity index (χ0n) is 12.0. The molecule has 17 heavy (non-hydrogen) atoms. The summed E-state index contributed by atoms with van der Waals surface area (Å²) in [6.45, 7) is 11.0. The summed E-state index contributed by atoms with van der Waals surface area (Å²) < 4.78 is 0. The Morgan fingerprint density at radius 2 is 1.94 bits per heavy atom. The summed E-state index contributed by atoms with van der Waals surface area (Å²) in [5.74, 6) is 0.807. The summed E-state index contributed by atoms with van der Waals surface area (Å²) in [5.41, 5.74) is -0.0497. The molecule has 1 saturated carbocycles. The van der Waals surface area contributed by atoms with E-state index >= 15 is 0 Å². The molecule has 1 fully saturated rings. The first-order valence-electron chi connectivity index (χ1n) is 7.27. The highest BCUT2D eigenvalue weighted by molar-refractivity contribution is 5.60. The quantitative estimate of drug-likeness (QED) is 0.661. The van der Waals surface area contributed by atoms with E-state index in [1.54, 1.807) is 0 Å². The van der Waals surface area contributed by atoms with Gasteiger partial charge >= 0.3 is 0 Å². The first-order valence-corrected chi connectivity index (χ1v) is 7.27. The lowest BCUT2D eigenvalue weighted by atomic mass is 9.71. The topological polar surface area (TPSA) is 20.3 Å². The number of carbonyl (C=O) groups excluding carboxylic acids is 1. The molecule has 0 aromatic rings. The molecule has 0 heterocycles. The molecular weight excluding hydrogens is 210 g/mol. The van der Waals surface area contributed by atoms with Crippen LogP contribution in [0, 0.1) is 11.3 Å². The molecule has 0 saturated heterocycles. The van der Waals surface area contributed by atoms with E-state index in [0.29, 0.717) is 6.04 Å². The van der Waals surface area contributed by atoms with Crippen LogP contribution in [0.2, 0.25) is 0 Å². The summed E-state index contributed by atoms with van der Waals surface area (Å²) >= 11 is 0. The van der Waals surface area contributed by atoms with Crippen LogP contribution in [0.5, 0.6) is 0 Å². The average molecular weight is 239 g/mol. The summed E-state index contributed by atoms with van der Waals surface area (Å²) in [6.07, 6.45) is 7.03. The minimum atomic E-state index is -0.0497. The van der Waals surface area contributed by atoms with Crippen molar-refractivity contribution in [3.63, 3.8) is 0 Å². The highest BCUT2D eigenvalue weighted by atomic mass is 16.1. The van der Waals surface area contributed by atoms with E-state index in [2.05, 4.69) is 32.6 Å². The Hall–Kier alpha value is -0.370. The van der Waals surface area contributed by atoms with Gasteiger partial charge in [0, 0.05) is 18.0 Å². The van der Waals surface area contributed by atoms with Crippen molar-refractivity contribution in [2.75, 3.05) is 13.1 Å². The predicted octanol–water partition coefficient (Wildman–Crippen LogP) is 3.50. The van der Waals surface area contributed by atoms with Crippen LogP contribution < -0.4 is 0 Å². The molecule has 2 heteroatoms. The molecule has 0 aromatic carbocycles. The van der Waals surface area contributed by atoms with Gasteiger partial charge in [-0.05, 0) is 51.5 Å². The van der Waals surface area contributed by atoms with Crippen LogP contribution in [0.4, 0.5) is 0 Å². The molecule has 0 N–H and O–H groups in total. The highest BCUT2D eigenvalue weighted by Gasteiger charge is 2.35. The van der Waals surface area contributed by atoms with Gasteiger partial charge in [0.05, 0.1) is 0 Å². The predicted molar refractivity (Wildman–Crippen MR) is 73.1 cm³/mol. The monoisotopic (exact) mass is 239 g/mol. The molecule has 0 aromatic heterocycles. The van der Waals surface area contributed by atoms with Gasteiger partial charge in [0.15, 0.2) is 0 Å². The maximum Gasteiger partial charge on any atom is 0.127 e. The zero-order valence-corrected chi connectivity index (χ0v) is 12.0. The zero-order chi connectivity index (χ0) is 12.9. The summed E-state index contributed by atoms with van der Waals surface area (Å²) in [5, 5.41) is 0. The van der Waals surface area contributed by atoms with Crippen LogP contribution in [-0.2, 0) is 4.79 Å². The van der Waals surface area contributed by atoms with E-state index in [4.69, 9.17) is 0 Å². The molecule has 0 radical (unpaired) electrons. The van der Waals surface area contributed by atoms with Gasteiger partial charge in [-0.15, -0.1) is 0 Å². The van der Waals surface area contributed by atoms with Crippen LogP contribution in [0.25, 0.3) is 0 Å². The normalized spacial score (nSPS) is 31.5. The maximum absolute atomic E-state index is 11.5. The fraction of sp³-hybridized carbons (Fsp3) is 0.933. The smallest absolute Gasteiger partial charge is 0.127 e. The average Bonchev–Trinajstić information content (AvgIpc) is 2.38. The molecule has 0 bridgehead atoms. The second-order valence-corrected chi connectivity index (χ2v) is 5.98. The van der Waals surface area contributed by atoms with Gasteiger partial charge in [-0.2, -0.15) is 0 Å². The molecule has 1 aliphatic carbocycles. The van der Waals surface area contributed by atoms with Gasteiger partial charge in [0.2, 0.25) is 0 Å². The second kappa shape index (κ2) is 6.53. The van der Waals surface area contributed by atoms with Crippen molar-refractivity contribution in [2.45, 2.75) is 65.8 Å². The van der Waals surface area contributed by atoms with Crippen LogP contribution >= 0.6 is 0 Å². The highest BCUT2D eigenvalue weighted by Crippen LogP contribution is 2.38. The lowest BCUT2D eigenvalue weighted by molar-refractivity contribution is -0.120. The number of nitrogens with zero attached hydrogens (tertiary/aromatic N) is 1. The van der Waals surface area contributed by atoms with Crippen molar-refractivity contribution in [3.05, 3.63) is 0 Å². The molecular formula is C15H29NO. The Morgan fingerprint density at radius 3 is 2.35 bits per heavy atom. The molecule has 0 amide bonds. The fourth-order valence-electron chi connectivity index (χ4n) is 2.89. The van der Waals surface area contributed by atoms with Gasteiger partial charge < -0.3 is 4.79 Å². The molecule has 0 aliphatic heterocycles. The third-order valence-corrected chi connectivity index (χ3v) is 4.66. The third-order valence-electron chi connectivity index (χ3n) is 4.66. The van der Waals surface area contributed by atoms with Crippen molar-refractivity contribution in [1.82, 2.24) is 4.90 Å². The van der Waals surface area contributed by atoms with Crippen molar-refractivity contribution in [3.8, 4) is 0 Å². The van der Waals surface area contributed by atoms with Crippen LogP contribution in [0.3, 0.4) is 0 Å². The van der Waals surface area contributed by atoms with Crippen molar-refractivity contribution < 1.29 is 4.79 Å². The standard InChI is InChI=1S/C15H29NO/c1-5-14(4)16(6-2)11-15(12-17)9-7-13(3)8-10-15/h12-14H,5-11H2,1-4H3. The van der Waals surface area contributed by atoms with E-state index in [9.17, 15) is 4.79 Å². The van der Waals surface area contributed by atoms with Crippen molar-refractivity contribution in [2.24, 2.45) is 11.3 Å². The summed E-state index contributed by atoms with van der Waals surface area (Å²) in [7, 11) is 0. The van der Waals surface area contributed by atoms with Crippen molar-refractivity contribution >= 4 is 6.29 Å². The fourth-order valence-corrected chi connectivity index (χ4v) is 2.89.